The molecule has 6 nitrogen and oxygen atoms in total. The number of carbonyl (C=O) groups excluding carboxylic acids is 2. The molecule has 0 bridgehead atoms. The molecule has 0 saturated heterocycles. The summed E-state index contributed by atoms with van der Waals surface area (Å²) in [5.74, 6) is 1.14. The normalized spacial score (nSPS) is 14.3. The third-order valence-electron chi connectivity index (χ3n) is 7.54. The molecule has 4 rings (SSSR count). The highest BCUT2D eigenvalue weighted by molar-refractivity contribution is 9.10. The van der Waals surface area contributed by atoms with Gasteiger partial charge in [0, 0.05) is 29.9 Å². The number of halogens is 1. The highest BCUT2D eigenvalue weighted by Crippen LogP contribution is 2.28. The van der Waals surface area contributed by atoms with Gasteiger partial charge in [0.15, 0.2) is 11.5 Å². The van der Waals surface area contributed by atoms with Crippen LogP contribution in [0.15, 0.2) is 77.3 Å². The minimum absolute atomic E-state index is 0.0607. The van der Waals surface area contributed by atoms with Gasteiger partial charge in [0.05, 0.1) is 14.2 Å². The van der Waals surface area contributed by atoms with Crippen LogP contribution in [0.2, 0.25) is 0 Å². The smallest absolute Gasteiger partial charge is 0.243 e. The van der Waals surface area contributed by atoms with Crippen molar-refractivity contribution < 1.29 is 19.1 Å². The van der Waals surface area contributed by atoms with Gasteiger partial charge in [-0.25, -0.2) is 0 Å². The zero-order valence-corrected chi connectivity index (χ0v) is 25.0. The second-order valence-electron chi connectivity index (χ2n) is 10.4. The highest BCUT2D eigenvalue weighted by Gasteiger charge is 2.31. The van der Waals surface area contributed by atoms with Crippen molar-refractivity contribution in [1.82, 2.24) is 10.2 Å². The number of aryl methyl sites for hydroxylation is 1. The quantitative estimate of drug-likeness (QED) is 0.256. The third-order valence-corrected chi connectivity index (χ3v) is 8.03. The summed E-state index contributed by atoms with van der Waals surface area (Å²) in [4.78, 5) is 29.7. The maximum atomic E-state index is 14.0. The summed E-state index contributed by atoms with van der Waals surface area (Å²) in [6, 6.07) is 23.1. The largest absolute Gasteiger partial charge is 0.493 e. The molecule has 212 valence electrons. The summed E-state index contributed by atoms with van der Waals surface area (Å²) in [5.41, 5.74) is 2.97. The predicted molar refractivity (Wildman–Crippen MR) is 162 cm³/mol. The van der Waals surface area contributed by atoms with Crippen molar-refractivity contribution in [2.24, 2.45) is 0 Å². The van der Waals surface area contributed by atoms with E-state index in [0.717, 1.165) is 46.8 Å². The third kappa shape index (κ3) is 8.34. The first-order valence-electron chi connectivity index (χ1n) is 14.1. The molecule has 40 heavy (non-hydrogen) atoms. The molecular formula is C33H39BrN2O4. The number of benzene rings is 3. The van der Waals surface area contributed by atoms with Gasteiger partial charge in [0.25, 0.3) is 0 Å². The van der Waals surface area contributed by atoms with E-state index in [0.29, 0.717) is 30.9 Å². The molecule has 2 amide bonds. The number of nitrogens with zero attached hydrogens (tertiary/aromatic N) is 1. The van der Waals surface area contributed by atoms with Gasteiger partial charge >= 0.3 is 0 Å². The lowest BCUT2D eigenvalue weighted by atomic mass is 9.94. The van der Waals surface area contributed by atoms with E-state index in [1.807, 2.05) is 72.8 Å². The number of rotatable bonds is 12. The minimum atomic E-state index is -0.624. The topological polar surface area (TPSA) is 67.9 Å². The van der Waals surface area contributed by atoms with E-state index >= 15 is 0 Å². The second-order valence-corrected chi connectivity index (χ2v) is 11.3. The number of methoxy groups -OCH3 is 2. The maximum absolute atomic E-state index is 14.0. The standard InChI is InChI=1S/C33H39BrN2O4/c1-39-30-18-16-25(22-31(30)40-2)17-19-32(37)36(23-26-12-9-13-27(34)20-26)29(21-24-10-5-3-6-11-24)33(38)35-28-14-7-4-8-15-28/h3,5-6,9-13,16,18,20,22,28-29H,4,7-8,14-15,17,19,21,23H2,1-2H3,(H,35,38). The Balaban J connectivity index is 1.61. The van der Waals surface area contributed by atoms with Crippen molar-refractivity contribution in [1.29, 1.82) is 0 Å². The summed E-state index contributed by atoms with van der Waals surface area (Å²) in [5, 5.41) is 3.30. The highest BCUT2D eigenvalue weighted by atomic mass is 79.9. The Kier molecular flexibility index (Phi) is 11.0. The number of hydrogen-bond acceptors (Lipinski definition) is 4. The number of nitrogens with one attached hydrogen (secondary N) is 1. The Labute approximate surface area is 246 Å². The number of hydrogen-bond donors (Lipinski definition) is 1. The van der Waals surface area contributed by atoms with Crippen molar-refractivity contribution in [3.63, 3.8) is 0 Å². The Bertz CT molecular complexity index is 1260. The van der Waals surface area contributed by atoms with Crippen molar-refractivity contribution in [3.8, 4) is 11.5 Å². The van der Waals surface area contributed by atoms with Crippen LogP contribution in [0.1, 0.15) is 55.2 Å². The molecule has 0 radical (unpaired) electrons. The van der Waals surface area contributed by atoms with Gasteiger partial charge in [-0.1, -0.05) is 83.7 Å². The van der Waals surface area contributed by atoms with Crippen molar-refractivity contribution >= 4 is 27.7 Å². The number of carbonyl (C=O) groups is 2. The lowest BCUT2D eigenvalue weighted by Crippen LogP contribution is -2.52. The molecule has 1 fully saturated rings. The van der Waals surface area contributed by atoms with Crippen molar-refractivity contribution in [2.45, 2.75) is 70.0 Å². The van der Waals surface area contributed by atoms with Gasteiger partial charge in [0.1, 0.15) is 6.04 Å². The van der Waals surface area contributed by atoms with E-state index < -0.39 is 6.04 Å². The fourth-order valence-electron chi connectivity index (χ4n) is 5.36. The van der Waals surface area contributed by atoms with Crippen molar-refractivity contribution in [3.05, 3.63) is 94.0 Å². The average molecular weight is 608 g/mol. The van der Waals surface area contributed by atoms with Crippen LogP contribution in [0, 0.1) is 0 Å². The van der Waals surface area contributed by atoms with Gasteiger partial charge < -0.3 is 19.7 Å². The van der Waals surface area contributed by atoms with Gasteiger partial charge in [0.2, 0.25) is 11.8 Å². The van der Waals surface area contributed by atoms with Crippen LogP contribution in [0.5, 0.6) is 11.5 Å². The van der Waals surface area contributed by atoms with E-state index in [1.54, 1.807) is 19.1 Å². The van der Waals surface area contributed by atoms with Gasteiger partial charge in [-0.05, 0) is 60.2 Å². The lowest BCUT2D eigenvalue weighted by Gasteiger charge is -2.33. The molecular weight excluding hydrogens is 568 g/mol. The SMILES string of the molecule is COc1ccc(CCC(=O)N(Cc2cccc(Br)c2)C(Cc2ccccc2)C(=O)NC2CCCCC2)cc1OC. The Hall–Kier alpha value is -3.32. The molecule has 1 atom stereocenters. The van der Waals surface area contributed by atoms with Crippen LogP contribution in [0.25, 0.3) is 0 Å². The summed E-state index contributed by atoms with van der Waals surface area (Å²) >= 11 is 3.56. The van der Waals surface area contributed by atoms with E-state index in [-0.39, 0.29) is 24.3 Å². The Morgan fingerprint density at radius 2 is 1.60 bits per heavy atom. The Morgan fingerprint density at radius 1 is 0.875 bits per heavy atom. The molecule has 3 aromatic carbocycles. The van der Waals surface area contributed by atoms with E-state index in [4.69, 9.17) is 9.47 Å². The average Bonchev–Trinajstić information content (AvgIpc) is 2.98. The fraction of sp³-hybridized carbons (Fsp3) is 0.394. The molecule has 0 spiro atoms. The molecule has 0 heterocycles. The molecule has 1 aliphatic rings. The van der Waals surface area contributed by atoms with Gasteiger partial charge in [-0.2, -0.15) is 0 Å². The van der Waals surface area contributed by atoms with Crippen molar-refractivity contribution in [2.75, 3.05) is 14.2 Å². The predicted octanol–water partition coefficient (Wildman–Crippen LogP) is 6.49. The first-order chi connectivity index (χ1) is 19.5. The van der Waals surface area contributed by atoms with E-state index in [1.165, 1.54) is 6.42 Å². The molecule has 1 N–H and O–H groups in total. The van der Waals surface area contributed by atoms with Crippen LogP contribution in [0.3, 0.4) is 0 Å². The molecule has 1 saturated carbocycles. The zero-order chi connectivity index (χ0) is 28.3. The molecule has 3 aromatic rings. The van der Waals surface area contributed by atoms with Crippen LogP contribution < -0.4 is 14.8 Å². The summed E-state index contributed by atoms with van der Waals surface area (Å²) in [7, 11) is 3.21. The van der Waals surface area contributed by atoms with Gasteiger partial charge in [-0.15, -0.1) is 0 Å². The monoisotopic (exact) mass is 606 g/mol. The van der Waals surface area contributed by atoms with E-state index in [9.17, 15) is 9.59 Å². The van der Waals surface area contributed by atoms with Gasteiger partial charge in [-0.3, -0.25) is 9.59 Å². The first-order valence-corrected chi connectivity index (χ1v) is 14.8. The minimum Gasteiger partial charge on any atom is -0.493 e. The van der Waals surface area contributed by atoms with Crippen LogP contribution >= 0.6 is 15.9 Å². The molecule has 1 aliphatic carbocycles. The zero-order valence-electron chi connectivity index (χ0n) is 23.4. The van der Waals surface area contributed by atoms with Crippen LogP contribution in [-0.2, 0) is 29.0 Å². The molecule has 7 heteroatoms. The lowest BCUT2D eigenvalue weighted by molar-refractivity contribution is -0.141. The second kappa shape index (κ2) is 14.9. The van der Waals surface area contributed by atoms with E-state index in [2.05, 4.69) is 21.2 Å². The van der Waals surface area contributed by atoms with Crippen LogP contribution in [0.4, 0.5) is 0 Å². The maximum Gasteiger partial charge on any atom is 0.243 e. The number of amides is 2. The number of ether oxygens (including phenoxy) is 2. The molecule has 1 unspecified atom stereocenters. The Morgan fingerprint density at radius 3 is 2.30 bits per heavy atom. The summed E-state index contributed by atoms with van der Waals surface area (Å²) in [6.07, 6.45) is 6.69. The fourth-order valence-corrected chi connectivity index (χ4v) is 5.81. The first kappa shape index (κ1) is 29.7. The summed E-state index contributed by atoms with van der Waals surface area (Å²) in [6.45, 7) is 0.347. The summed E-state index contributed by atoms with van der Waals surface area (Å²) < 4.78 is 11.8. The molecule has 0 aliphatic heterocycles. The molecule has 0 aromatic heterocycles. The van der Waals surface area contributed by atoms with Crippen LogP contribution in [-0.4, -0.2) is 43.0 Å².